The summed E-state index contributed by atoms with van der Waals surface area (Å²) < 4.78 is 5.63. The third-order valence-corrected chi connectivity index (χ3v) is 3.91. The number of hydrogen-bond acceptors (Lipinski definition) is 3. The monoisotopic (exact) mass is 240 g/mol. The van der Waals surface area contributed by atoms with E-state index in [4.69, 9.17) is 4.74 Å². The van der Waals surface area contributed by atoms with Crippen molar-refractivity contribution in [1.29, 1.82) is 0 Å². The smallest absolute Gasteiger partial charge is 0.0623 e. The summed E-state index contributed by atoms with van der Waals surface area (Å²) in [5.74, 6) is 1.70. The molecule has 0 bridgehead atoms. The first-order valence-corrected chi connectivity index (χ1v) is 7.37. The lowest BCUT2D eigenvalue weighted by atomic mass is 10.0. The van der Waals surface area contributed by atoms with Gasteiger partial charge in [-0.3, -0.25) is 0 Å². The van der Waals surface area contributed by atoms with E-state index in [9.17, 15) is 0 Å². The van der Waals surface area contributed by atoms with Gasteiger partial charge < -0.3 is 15.0 Å². The first kappa shape index (κ1) is 13.3. The molecule has 0 amide bonds. The Kier molecular flexibility index (Phi) is 5.26. The van der Waals surface area contributed by atoms with Crippen molar-refractivity contribution < 1.29 is 4.74 Å². The van der Waals surface area contributed by atoms with Crippen molar-refractivity contribution in [2.24, 2.45) is 11.8 Å². The Morgan fingerprint density at radius 3 is 2.65 bits per heavy atom. The molecule has 1 saturated carbocycles. The molecule has 3 nitrogen and oxygen atoms in total. The maximum absolute atomic E-state index is 5.63. The standard InChI is InChI=1S/C14H28N2O/c1-3-7-16(8-12-5-6-12)9-13-10-17-11-14(13)15-4-2/h12-15H,3-11H2,1-2H3. The van der Waals surface area contributed by atoms with Crippen molar-refractivity contribution in [2.75, 3.05) is 39.4 Å². The Morgan fingerprint density at radius 1 is 1.18 bits per heavy atom. The molecule has 0 aromatic heterocycles. The van der Waals surface area contributed by atoms with E-state index >= 15 is 0 Å². The van der Waals surface area contributed by atoms with Crippen LogP contribution in [0.3, 0.4) is 0 Å². The number of rotatable bonds is 8. The summed E-state index contributed by atoms with van der Waals surface area (Å²) in [6.07, 6.45) is 4.18. The van der Waals surface area contributed by atoms with Crippen molar-refractivity contribution in [2.45, 2.75) is 39.2 Å². The van der Waals surface area contributed by atoms with Crippen LogP contribution in [0.4, 0.5) is 0 Å². The van der Waals surface area contributed by atoms with Gasteiger partial charge in [-0.2, -0.15) is 0 Å². The molecular formula is C14H28N2O. The Labute approximate surface area is 106 Å². The molecule has 100 valence electrons. The second-order valence-electron chi connectivity index (χ2n) is 5.66. The van der Waals surface area contributed by atoms with E-state index in [0.717, 1.165) is 25.7 Å². The predicted molar refractivity (Wildman–Crippen MR) is 71.2 cm³/mol. The van der Waals surface area contributed by atoms with Gasteiger partial charge in [-0.05, 0) is 38.3 Å². The summed E-state index contributed by atoms with van der Waals surface area (Å²) in [5, 5.41) is 3.56. The van der Waals surface area contributed by atoms with E-state index in [-0.39, 0.29) is 0 Å². The van der Waals surface area contributed by atoms with Crippen LogP contribution in [-0.2, 0) is 4.74 Å². The fraction of sp³-hybridized carbons (Fsp3) is 1.00. The molecule has 1 saturated heterocycles. The molecule has 2 rings (SSSR count). The molecule has 3 heteroatoms. The van der Waals surface area contributed by atoms with Gasteiger partial charge in [-0.1, -0.05) is 13.8 Å². The molecule has 2 atom stereocenters. The molecular weight excluding hydrogens is 212 g/mol. The van der Waals surface area contributed by atoms with Gasteiger partial charge >= 0.3 is 0 Å². The van der Waals surface area contributed by atoms with Crippen molar-refractivity contribution in [3.63, 3.8) is 0 Å². The number of nitrogens with zero attached hydrogens (tertiary/aromatic N) is 1. The average molecular weight is 240 g/mol. The van der Waals surface area contributed by atoms with Crippen LogP contribution in [0.5, 0.6) is 0 Å². The fourth-order valence-corrected chi connectivity index (χ4v) is 2.84. The third kappa shape index (κ3) is 4.23. The zero-order chi connectivity index (χ0) is 12.1. The molecule has 0 aromatic carbocycles. The Bertz CT molecular complexity index is 218. The average Bonchev–Trinajstić information content (AvgIpc) is 3.01. The summed E-state index contributed by atoms with van der Waals surface area (Å²) >= 11 is 0. The molecule has 2 unspecified atom stereocenters. The Balaban J connectivity index is 1.78. The lowest BCUT2D eigenvalue weighted by Crippen LogP contribution is -2.42. The van der Waals surface area contributed by atoms with Gasteiger partial charge in [-0.25, -0.2) is 0 Å². The molecule has 0 aromatic rings. The largest absolute Gasteiger partial charge is 0.379 e. The van der Waals surface area contributed by atoms with Gasteiger partial charge in [0.05, 0.1) is 13.2 Å². The summed E-state index contributed by atoms with van der Waals surface area (Å²) in [6.45, 7) is 11.2. The van der Waals surface area contributed by atoms with Gasteiger partial charge in [0.2, 0.25) is 0 Å². The first-order valence-electron chi connectivity index (χ1n) is 7.37. The summed E-state index contributed by atoms with van der Waals surface area (Å²) in [6, 6.07) is 0.582. The van der Waals surface area contributed by atoms with E-state index < -0.39 is 0 Å². The number of hydrogen-bond donors (Lipinski definition) is 1. The third-order valence-electron chi connectivity index (χ3n) is 3.91. The SMILES string of the molecule is CCCN(CC1CC1)CC1COCC1NCC. The van der Waals surface area contributed by atoms with Gasteiger partial charge in [0.1, 0.15) is 0 Å². The van der Waals surface area contributed by atoms with Gasteiger partial charge in [0.25, 0.3) is 0 Å². The maximum Gasteiger partial charge on any atom is 0.0623 e. The number of nitrogens with one attached hydrogen (secondary N) is 1. The van der Waals surface area contributed by atoms with Crippen molar-refractivity contribution in [3.05, 3.63) is 0 Å². The highest BCUT2D eigenvalue weighted by molar-refractivity contribution is 4.85. The zero-order valence-corrected chi connectivity index (χ0v) is 11.5. The lowest BCUT2D eigenvalue weighted by Gasteiger charge is -2.27. The fourth-order valence-electron chi connectivity index (χ4n) is 2.84. The van der Waals surface area contributed by atoms with E-state index in [1.54, 1.807) is 0 Å². The van der Waals surface area contributed by atoms with Crippen molar-refractivity contribution >= 4 is 0 Å². The van der Waals surface area contributed by atoms with Crippen LogP contribution >= 0.6 is 0 Å². The van der Waals surface area contributed by atoms with Crippen LogP contribution in [0.25, 0.3) is 0 Å². The molecule has 1 heterocycles. The maximum atomic E-state index is 5.63. The Hall–Kier alpha value is -0.120. The van der Waals surface area contributed by atoms with Gasteiger partial charge in [0.15, 0.2) is 0 Å². The van der Waals surface area contributed by atoms with Crippen molar-refractivity contribution in [3.8, 4) is 0 Å². The van der Waals surface area contributed by atoms with E-state index in [2.05, 4.69) is 24.1 Å². The van der Waals surface area contributed by atoms with Crippen LogP contribution in [-0.4, -0.2) is 50.3 Å². The highest BCUT2D eigenvalue weighted by Crippen LogP contribution is 2.30. The summed E-state index contributed by atoms with van der Waals surface area (Å²) in [4.78, 5) is 2.67. The number of ether oxygens (including phenoxy) is 1. The van der Waals surface area contributed by atoms with E-state index in [1.165, 1.54) is 38.9 Å². The molecule has 17 heavy (non-hydrogen) atoms. The molecule has 0 spiro atoms. The Morgan fingerprint density at radius 2 is 2.00 bits per heavy atom. The van der Waals surface area contributed by atoms with Gasteiger partial charge in [-0.15, -0.1) is 0 Å². The van der Waals surface area contributed by atoms with Gasteiger partial charge in [0, 0.05) is 25.0 Å². The first-order chi connectivity index (χ1) is 8.33. The summed E-state index contributed by atoms with van der Waals surface area (Å²) in [7, 11) is 0. The summed E-state index contributed by atoms with van der Waals surface area (Å²) in [5.41, 5.74) is 0. The molecule has 1 N–H and O–H groups in total. The highest BCUT2D eigenvalue weighted by Gasteiger charge is 2.31. The quantitative estimate of drug-likeness (QED) is 0.699. The highest BCUT2D eigenvalue weighted by atomic mass is 16.5. The second-order valence-corrected chi connectivity index (χ2v) is 5.66. The van der Waals surface area contributed by atoms with Crippen LogP contribution in [0, 0.1) is 11.8 Å². The van der Waals surface area contributed by atoms with E-state index in [1.807, 2.05) is 0 Å². The molecule has 1 aliphatic carbocycles. The topological polar surface area (TPSA) is 24.5 Å². The lowest BCUT2D eigenvalue weighted by molar-refractivity contribution is 0.165. The van der Waals surface area contributed by atoms with Crippen LogP contribution in [0.2, 0.25) is 0 Å². The van der Waals surface area contributed by atoms with Crippen LogP contribution in [0.15, 0.2) is 0 Å². The zero-order valence-electron chi connectivity index (χ0n) is 11.5. The minimum Gasteiger partial charge on any atom is -0.379 e. The molecule has 2 fully saturated rings. The minimum atomic E-state index is 0.582. The van der Waals surface area contributed by atoms with Crippen molar-refractivity contribution in [1.82, 2.24) is 10.2 Å². The molecule has 0 radical (unpaired) electrons. The van der Waals surface area contributed by atoms with E-state index in [0.29, 0.717) is 12.0 Å². The van der Waals surface area contributed by atoms with Crippen LogP contribution < -0.4 is 5.32 Å². The number of likely N-dealkylation sites (N-methyl/N-ethyl adjacent to an activating group) is 1. The second kappa shape index (κ2) is 6.72. The van der Waals surface area contributed by atoms with Crippen LogP contribution in [0.1, 0.15) is 33.1 Å². The molecule has 1 aliphatic heterocycles. The molecule has 2 aliphatic rings. The minimum absolute atomic E-state index is 0.582. The normalized spacial score (nSPS) is 29.1. The predicted octanol–water partition coefficient (Wildman–Crippen LogP) is 1.73.